The largest absolute Gasteiger partial charge is 0.493 e. The summed E-state index contributed by atoms with van der Waals surface area (Å²) in [5.41, 5.74) is 0.691. The first-order valence-electron chi connectivity index (χ1n) is 10.8. The highest BCUT2D eigenvalue weighted by atomic mass is 32.2. The van der Waals surface area contributed by atoms with Crippen molar-refractivity contribution in [1.29, 1.82) is 0 Å². The van der Waals surface area contributed by atoms with Gasteiger partial charge < -0.3 is 14.7 Å². The van der Waals surface area contributed by atoms with E-state index in [4.69, 9.17) is 9.47 Å². The molecule has 1 N–H and O–H groups in total. The maximum atomic E-state index is 13.6. The summed E-state index contributed by atoms with van der Waals surface area (Å²) in [5.74, 6) is 0.673. The Hall–Kier alpha value is -2.09. The number of rotatable bonds is 8. The molecule has 0 aromatic heterocycles. The Kier molecular flexibility index (Phi) is 7.29. The monoisotopic (exact) mass is 447 g/mol. The first-order chi connectivity index (χ1) is 14.8. The minimum atomic E-state index is -3.68. The van der Waals surface area contributed by atoms with E-state index in [2.05, 4.69) is 6.92 Å². The summed E-state index contributed by atoms with van der Waals surface area (Å²) >= 11 is 0. The number of benzene rings is 2. The SMILES string of the molecule is CCCC[C@]1(CC)CS(=O)(=O)c2cc(OC)c(OC)cc2[C@@H](Cc2ccccc2)N1O. The van der Waals surface area contributed by atoms with Crippen LogP contribution in [0, 0.1) is 0 Å². The normalized spacial score (nSPS) is 23.1. The molecular weight excluding hydrogens is 414 g/mol. The van der Waals surface area contributed by atoms with Gasteiger partial charge in [-0.3, -0.25) is 0 Å². The number of hydrogen-bond acceptors (Lipinski definition) is 6. The van der Waals surface area contributed by atoms with Crippen LogP contribution in [-0.4, -0.2) is 44.2 Å². The summed E-state index contributed by atoms with van der Waals surface area (Å²) in [6, 6.07) is 12.5. The van der Waals surface area contributed by atoms with Gasteiger partial charge >= 0.3 is 0 Å². The van der Waals surface area contributed by atoms with Crippen LogP contribution in [0.15, 0.2) is 47.4 Å². The lowest BCUT2D eigenvalue weighted by atomic mass is 9.87. The number of ether oxygens (including phenoxy) is 2. The molecule has 0 saturated heterocycles. The molecule has 7 heteroatoms. The Morgan fingerprint density at radius 3 is 2.32 bits per heavy atom. The molecule has 1 aliphatic heterocycles. The molecule has 2 aromatic rings. The fraction of sp³-hybridized carbons (Fsp3) is 0.500. The second-order valence-corrected chi connectivity index (χ2v) is 10.2. The molecule has 6 nitrogen and oxygen atoms in total. The van der Waals surface area contributed by atoms with Crippen molar-refractivity contribution in [2.24, 2.45) is 0 Å². The smallest absolute Gasteiger partial charge is 0.180 e. The number of nitrogens with zero attached hydrogens (tertiary/aromatic N) is 1. The number of sulfone groups is 1. The second-order valence-electron chi connectivity index (χ2n) is 8.24. The van der Waals surface area contributed by atoms with Gasteiger partial charge in [0.15, 0.2) is 21.3 Å². The molecular formula is C24H33NO5S. The van der Waals surface area contributed by atoms with Crippen LogP contribution in [0.3, 0.4) is 0 Å². The fourth-order valence-corrected chi connectivity index (χ4v) is 6.72. The Morgan fingerprint density at radius 2 is 1.74 bits per heavy atom. The predicted molar refractivity (Wildman–Crippen MR) is 121 cm³/mol. The minimum Gasteiger partial charge on any atom is -0.493 e. The molecule has 2 aromatic carbocycles. The first-order valence-corrected chi connectivity index (χ1v) is 12.5. The van der Waals surface area contributed by atoms with Crippen LogP contribution in [0.25, 0.3) is 0 Å². The summed E-state index contributed by atoms with van der Waals surface area (Å²) in [5, 5.41) is 12.9. The molecule has 0 amide bonds. The van der Waals surface area contributed by atoms with Gasteiger partial charge in [0.1, 0.15) is 0 Å². The molecule has 1 heterocycles. The third kappa shape index (κ3) is 4.59. The number of hydroxylamine groups is 2. The molecule has 3 rings (SSSR count). The third-order valence-corrected chi connectivity index (χ3v) is 8.32. The predicted octanol–water partition coefficient (Wildman–Crippen LogP) is 4.81. The lowest BCUT2D eigenvalue weighted by molar-refractivity contribution is -0.202. The molecule has 0 spiro atoms. The number of methoxy groups -OCH3 is 2. The second kappa shape index (κ2) is 9.59. The van der Waals surface area contributed by atoms with E-state index in [1.165, 1.54) is 19.3 Å². The van der Waals surface area contributed by atoms with Gasteiger partial charge in [0.05, 0.1) is 36.4 Å². The van der Waals surface area contributed by atoms with Gasteiger partial charge in [-0.2, -0.15) is 5.06 Å². The quantitative estimate of drug-likeness (QED) is 0.626. The van der Waals surface area contributed by atoms with Crippen molar-refractivity contribution in [3.8, 4) is 11.5 Å². The molecule has 31 heavy (non-hydrogen) atoms. The maximum Gasteiger partial charge on any atom is 0.180 e. The highest BCUT2D eigenvalue weighted by molar-refractivity contribution is 7.91. The van der Waals surface area contributed by atoms with Crippen LogP contribution in [0.4, 0.5) is 0 Å². The van der Waals surface area contributed by atoms with Crippen LogP contribution in [0.2, 0.25) is 0 Å². The molecule has 1 aliphatic rings. The van der Waals surface area contributed by atoms with Crippen molar-refractivity contribution in [3.05, 3.63) is 53.6 Å². The van der Waals surface area contributed by atoms with E-state index in [-0.39, 0.29) is 10.6 Å². The maximum absolute atomic E-state index is 13.6. The lowest BCUT2D eigenvalue weighted by Crippen LogP contribution is -2.51. The number of hydrogen-bond donors (Lipinski definition) is 1. The zero-order chi connectivity index (χ0) is 22.6. The van der Waals surface area contributed by atoms with Crippen molar-refractivity contribution in [2.75, 3.05) is 20.0 Å². The van der Waals surface area contributed by atoms with Crippen LogP contribution in [0.5, 0.6) is 11.5 Å². The Morgan fingerprint density at radius 1 is 1.10 bits per heavy atom. The summed E-state index contributed by atoms with van der Waals surface area (Å²) < 4.78 is 38.1. The van der Waals surface area contributed by atoms with Gasteiger partial charge in [-0.15, -0.1) is 0 Å². The van der Waals surface area contributed by atoms with Crippen LogP contribution in [0.1, 0.15) is 56.7 Å². The van der Waals surface area contributed by atoms with E-state index in [0.29, 0.717) is 36.3 Å². The lowest BCUT2D eigenvalue weighted by Gasteiger charge is -2.42. The van der Waals surface area contributed by atoms with Gasteiger partial charge in [-0.1, -0.05) is 57.0 Å². The van der Waals surface area contributed by atoms with Crippen molar-refractivity contribution in [1.82, 2.24) is 5.06 Å². The molecule has 0 fully saturated rings. The third-order valence-electron chi connectivity index (χ3n) is 6.38. The van der Waals surface area contributed by atoms with E-state index >= 15 is 0 Å². The summed E-state index contributed by atoms with van der Waals surface area (Å²) in [7, 11) is -0.667. The zero-order valence-electron chi connectivity index (χ0n) is 18.8. The van der Waals surface area contributed by atoms with E-state index in [1.807, 2.05) is 37.3 Å². The first kappa shape index (κ1) is 23.6. The summed E-state index contributed by atoms with van der Waals surface area (Å²) in [6.07, 6.45) is 3.36. The summed E-state index contributed by atoms with van der Waals surface area (Å²) in [4.78, 5) is 0.206. The summed E-state index contributed by atoms with van der Waals surface area (Å²) in [6.45, 7) is 4.02. The van der Waals surface area contributed by atoms with Crippen LogP contribution < -0.4 is 9.47 Å². The van der Waals surface area contributed by atoms with E-state index < -0.39 is 21.4 Å². The average molecular weight is 448 g/mol. The molecule has 0 saturated carbocycles. The molecule has 0 aliphatic carbocycles. The van der Waals surface area contributed by atoms with Crippen LogP contribution in [-0.2, 0) is 16.3 Å². The van der Waals surface area contributed by atoms with Gasteiger partial charge in [0, 0.05) is 6.07 Å². The minimum absolute atomic E-state index is 0.138. The van der Waals surface area contributed by atoms with Gasteiger partial charge in [0.2, 0.25) is 0 Å². The van der Waals surface area contributed by atoms with Crippen molar-refractivity contribution in [2.45, 2.75) is 62.4 Å². The van der Waals surface area contributed by atoms with E-state index in [1.54, 1.807) is 12.1 Å². The van der Waals surface area contributed by atoms with Crippen molar-refractivity contribution < 1.29 is 23.1 Å². The molecule has 0 radical (unpaired) electrons. The highest BCUT2D eigenvalue weighted by Gasteiger charge is 2.47. The molecule has 0 unspecified atom stereocenters. The van der Waals surface area contributed by atoms with Crippen LogP contribution >= 0.6 is 0 Å². The van der Waals surface area contributed by atoms with E-state index in [9.17, 15) is 13.6 Å². The van der Waals surface area contributed by atoms with Crippen molar-refractivity contribution >= 4 is 9.84 Å². The Bertz CT molecular complexity index is 993. The Labute approximate surface area is 185 Å². The topological polar surface area (TPSA) is 76.1 Å². The van der Waals surface area contributed by atoms with Gasteiger partial charge in [0.25, 0.3) is 0 Å². The molecule has 0 bridgehead atoms. The zero-order valence-corrected chi connectivity index (χ0v) is 19.6. The Balaban J connectivity index is 2.25. The van der Waals surface area contributed by atoms with Crippen molar-refractivity contribution in [3.63, 3.8) is 0 Å². The standard InChI is InChI=1S/C24H33NO5S/c1-5-7-13-24(6-2)17-31(27,28)23-16-22(30-4)21(29-3)15-19(23)20(25(24)26)14-18-11-9-8-10-12-18/h8-12,15-16,20,26H,5-7,13-14,17H2,1-4H3/t20-,24-/m1/s1. The average Bonchev–Trinajstić information content (AvgIpc) is 2.85. The highest BCUT2D eigenvalue weighted by Crippen LogP contribution is 2.45. The number of fused-ring (bicyclic) bond motifs is 1. The van der Waals surface area contributed by atoms with E-state index in [0.717, 1.165) is 18.4 Å². The van der Waals surface area contributed by atoms with Gasteiger partial charge in [-0.25, -0.2) is 8.42 Å². The molecule has 170 valence electrons. The fourth-order valence-electron chi connectivity index (χ4n) is 4.53. The number of unbranched alkanes of at least 4 members (excludes halogenated alkanes) is 1. The molecule has 2 atom stereocenters. The van der Waals surface area contributed by atoms with Gasteiger partial charge in [-0.05, 0) is 36.5 Å².